The number of pyridine rings is 1. The van der Waals surface area contributed by atoms with Crippen LogP contribution in [0.3, 0.4) is 0 Å². The Labute approximate surface area is 240 Å². The van der Waals surface area contributed by atoms with E-state index in [2.05, 4.69) is 10.1 Å². The molecule has 3 aromatic heterocycles. The molecule has 1 saturated heterocycles. The van der Waals surface area contributed by atoms with E-state index in [0.717, 1.165) is 11.1 Å². The van der Waals surface area contributed by atoms with E-state index < -0.39 is 36.1 Å². The molecule has 0 unspecified atom stereocenters. The molecule has 7 nitrogen and oxygen atoms in total. The van der Waals surface area contributed by atoms with Gasteiger partial charge in [0.1, 0.15) is 17.9 Å². The Morgan fingerprint density at radius 2 is 1.74 bits per heavy atom. The highest BCUT2D eigenvalue weighted by molar-refractivity contribution is 7.13. The topological polar surface area (TPSA) is 80.5 Å². The Balaban J connectivity index is 1.26. The van der Waals surface area contributed by atoms with Crippen LogP contribution in [0.1, 0.15) is 45.9 Å². The molecule has 222 valence electrons. The van der Waals surface area contributed by atoms with Gasteiger partial charge in [-0.15, -0.1) is 11.3 Å². The molecular formula is C28H24F6N4O3S. The fraction of sp³-hybridized carbons (Fsp3) is 0.321. The van der Waals surface area contributed by atoms with E-state index in [-0.39, 0.29) is 18.3 Å². The second-order valence-corrected chi connectivity index (χ2v) is 10.7. The molecule has 42 heavy (non-hydrogen) atoms. The van der Waals surface area contributed by atoms with Gasteiger partial charge in [0.2, 0.25) is 0 Å². The summed E-state index contributed by atoms with van der Waals surface area (Å²) in [7, 11) is 0. The fourth-order valence-electron chi connectivity index (χ4n) is 4.97. The standard InChI is InChI=1S/C28H24F6N4O3S/c29-27(30,31)16-37-11-8-18(9-12-37)17-4-6-20(7-5-17)41-15-19-10-13-42-24(19)22-2-1-3-23(36-22)38-25(28(32,33)34)21(14-35-38)26(39)40/h1-7,10,13-14,18H,8-9,11-12,15-16H2,(H,39,40). The lowest BCUT2D eigenvalue weighted by Gasteiger charge is -2.32. The zero-order valence-electron chi connectivity index (χ0n) is 21.8. The number of benzene rings is 1. The number of piperidine rings is 1. The van der Waals surface area contributed by atoms with Crippen LogP contribution in [-0.4, -0.2) is 56.6 Å². The molecule has 1 N–H and O–H groups in total. The highest BCUT2D eigenvalue weighted by Crippen LogP contribution is 2.35. The minimum Gasteiger partial charge on any atom is -0.489 e. The van der Waals surface area contributed by atoms with E-state index in [1.54, 1.807) is 23.6 Å². The zero-order valence-corrected chi connectivity index (χ0v) is 22.6. The summed E-state index contributed by atoms with van der Waals surface area (Å²) in [6.45, 7) is 0.0352. The van der Waals surface area contributed by atoms with Crippen LogP contribution in [0.25, 0.3) is 16.4 Å². The predicted molar refractivity (Wildman–Crippen MR) is 142 cm³/mol. The van der Waals surface area contributed by atoms with Crippen molar-refractivity contribution in [2.75, 3.05) is 19.6 Å². The molecule has 0 spiro atoms. The maximum absolute atomic E-state index is 13.7. The molecule has 0 bridgehead atoms. The van der Waals surface area contributed by atoms with Gasteiger partial charge < -0.3 is 9.84 Å². The first-order valence-electron chi connectivity index (χ1n) is 12.8. The first-order chi connectivity index (χ1) is 19.9. The average molecular weight is 611 g/mol. The number of rotatable bonds is 8. The summed E-state index contributed by atoms with van der Waals surface area (Å²) in [5, 5.41) is 14.6. The van der Waals surface area contributed by atoms with Crippen LogP contribution < -0.4 is 4.74 Å². The molecule has 0 saturated carbocycles. The molecule has 4 heterocycles. The van der Waals surface area contributed by atoms with Gasteiger partial charge in [-0.25, -0.2) is 14.5 Å². The summed E-state index contributed by atoms with van der Waals surface area (Å²) in [5.41, 5.74) is -0.251. The van der Waals surface area contributed by atoms with Crippen molar-refractivity contribution in [3.8, 4) is 22.1 Å². The number of hydrogen-bond acceptors (Lipinski definition) is 6. The molecule has 14 heteroatoms. The number of nitrogens with zero attached hydrogens (tertiary/aromatic N) is 4. The van der Waals surface area contributed by atoms with E-state index in [1.807, 2.05) is 18.2 Å². The summed E-state index contributed by atoms with van der Waals surface area (Å²) < 4.78 is 85.4. The first kappa shape index (κ1) is 29.6. The van der Waals surface area contributed by atoms with Crippen molar-refractivity contribution in [3.05, 3.63) is 82.5 Å². The van der Waals surface area contributed by atoms with Crippen LogP contribution in [0.4, 0.5) is 26.3 Å². The molecule has 0 radical (unpaired) electrons. The monoisotopic (exact) mass is 610 g/mol. The number of ether oxygens (including phenoxy) is 1. The maximum Gasteiger partial charge on any atom is 0.434 e. The van der Waals surface area contributed by atoms with Crippen LogP contribution >= 0.6 is 11.3 Å². The van der Waals surface area contributed by atoms with Gasteiger partial charge in [0.15, 0.2) is 11.5 Å². The minimum absolute atomic E-state index is 0.151. The number of halogens is 6. The van der Waals surface area contributed by atoms with Crippen molar-refractivity contribution in [3.63, 3.8) is 0 Å². The molecule has 0 atom stereocenters. The van der Waals surface area contributed by atoms with Crippen molar-refractivity contribution in [2.45, 2.75) is 37.7 Å². The van der Waals surface area contributed by atoms with Gasteiger partial charge in [-0.05, 0) is 73.1 Å². The third-order valence-electron chi connectivity index (χ3n) is 6.94. The number of hydrogen-bond donors (Lipinski definition) is 1. The lowest BCUT2D eigenvalue weighted by molar-refractivity contribution is -0.148. The van der Waals surface area contributed by atoms with Crippen LogP contribution in [0, 0.1) is 0 Å². The van der Waals surface area contributed by atoms with Gasteiger partial charge in [0.05, 0.1) is 23.3 Å². The molecule has 5 rings (SSSR count). The Morgan fingerprint density at radius 1 is 1.02 bits per heavy atom. The summed E-state index contributed by atoms with van der Waals surface area (Å²) in [4.78, 5) is 17.8. The number of aromatic nitrogens is 3. The van der Waals surface area contributed by atoms with E-state index in [4.69, 9.17) is 4.74 Å². The Bertz CT molecular complexity index is 1540. The lowest BCUT2D eigenvalue weighted by Crippen LogP contribution is -2.39. The Kier molecular flexibility index (Phi) is 8.28. The second-order valence-electron chi connectivity index (χ2n) is 9.80. The largest absolute Gasteiger partial charge is 0.489 e. The summed E-state index contributed by atoms with van der Waals surface area (Å²) in [6.07, 6.45) is -7.24. The molecule has 0 aliphatic carbocycles. The van der Waals surface area contributed by atoms with Gasteiger partial charge in [-0.1, -0.05) is 18.2 Å². The van der Waals surface area contributed by atoms with Crippen LogP contribution in [0.2, 0.25) is 0 Å². The van der Waals surface area contributed by atoms with Crippen molar-refractivity contribution in [2.24, 2.45) is 0 Å². The number of aromatic carboxylic acids is 1. The summed E-state index contributed by atoms with van der Waals surface area (Å²) in [6, 6.07) is 13.7. The van der Waals surface area contributed by atoms with Gasteiger partial charge in [-0.2, -0.15) is 31.4 Å². The lowest BCUT2D eigenvalue weighted by atomic mass is 9.89. The minimum atomic E-state index is -4.97. The Morgan fingerprint density at radius 3 is 2.38 bits per heavy atom. The van der Waals surface area contributed by atoms with Crippen molar-refractivity contribution < 1.29 is 41.0 Å². The van der Waals surface area contributed by atoms with Gasteiger partial charge in [0, 0.05) is 5.56 Å². The van der Waals surface area contributed by atoms with Crippen molar-refractivity contribution in [1.82, 2.24) is 19.7 Å². The molecule has 0 amide bonds. The van der Waals surface area contributed by atoms with E-state index in [1.165, 1.54) is 28.4 Å². The average Bonchev–Trinajstić information content (AvgIpc) is 3.60. The number of likely N-dealkylation sites (tertiary alicyclic amines) is 1. The quantitative estimate of drug-likeness (QED) is 0.216. The number of alkyl halides is 6. The van der Waals surface area contributed by atoms with E-state index in [0.29, 0.717) is 53.1 Å². The van der Waals surface area contributed by atoms with Crippen molar-refractivity contribution in [1.29, 1.82) is 0 Å². The summed E-state index contributed by atoms with van der Waals surface area (Å²) in [5.74, 6) is -1.18. The molecule has 1 fully saturated rings. The molecule has 4 aromatic rings. The van der Waals surface area contributed by atoms with Crippen LogP contribution in [-0.2, 0) is 12.8 Å². The molecule has 1 aromatic carbocycles. The number of carbonyl (C=O) groups is 1. The second kappa shape index (κ2) is 11.8. The third-order valence-corrected chi connectivity index (χ3v) is 7.91. The zero-order chi connectivity index (χ0) is 30.1. The van der Waals surface area contributed by atoms with Crippen molar-refractivity contribution >= 4 is 17.3 Å². The van der Waals surface area contributed by atoms with Crippen LogP contribution in [0.5, 0.6) is 5.75 Å². The fourth-order valence-corrected chi connectivity index (χ4v) is 5.85. The summed E-state index contributed by atoms with van der Waals surface area (Å²) >= 11 is 1.32. The first-order valence-corrected chi connectivity index (χ1v) is 13.7. The predicted octanol–water partition coefficient (Wildman–Crippen LogP) is 7.03. The number of carboxylic acid groups (broad SMARTS) is 1. The smallest absolute Gasteiger partial charge is 0.434 e. The van der Waals surface area contributed by atoms with Gasteiger partial charge in [0.25, 0.3) is 0 Å². The molecule has 1 aliphatic rings. The van der Waals surface area contributed by atoms with Crippen LogP contribution in [0.15, 0.2) is 60.1 Å². The number of thiophene rings is 1. The van der Waals surface area contributed by atoms with Gasteiger partial charge >= 0.3 is 18.3 Å². The highest BCUT2D eigenvalue weighted by atomic mass is 32.1. The maximum atomic E-state index is 13.7. The molecule has 1 aliphatic heterocycles. The van der Waals surface area contributed by atoms with E-state index >= 15 is 0 Å². The normalized spacial score (nSPS) is 15.2. The number of carboxylic acids is 1. The SMILES string of the molecule is O=C(O)c1cnn(-c2cccc(-c3sccc3COc3ccc(C4CCN(CC(F)(F)F)CC4)cc3)n2)c1C(F)(F)F. The Hall–Kier alpha value is -3.91. The molecular weight excluding hydrogens is 586 g/mol. The highest BCUT2D eigenvalue weighted by Gasteiger charge is 2.41. The van der Waals surface area contributed by atoms with E-state index in [9.17, 15) is 36.2 Å². The van der Waals surface area contributed by atoms with Gasteiger partial charge in [-0.3, -0.25) is 4.90 Å². The third kappa shape index (κ3) is 6.76.